The largest absolute Gasteiger partial charge is 0.354 e. The molecule has 0 fully saturated rings. The van der Waals surface area contributed by atoms with Crippen LogP contribution in [-0.4, -0.2) is 50.5 Å². The summed E-state index contributed by atoms with van der Waals surface area (Å²) in [5, 5.41) is 3.60. The molecule has 0 aromatic heterocycles. The highest BCUT2D eigenvalue weighted by molar-refractivity contribution is 7.92. The molecule has 198 valence electrons. The van der Waals surface area contributed by atoms with Gasteiger partial charge in [0.2, 0.25) is 21.8 Å². The van der Waals surface area contributed by atoms with Gasteiger partial charge in [0.25, 0.3) is 0 Å². The number of carbonyl (C=O) groups excluding carboxylic acids is 2. The summed E-state index contributed by atoms with van der Waals surface area (Å²) in [5.41, 5.74) is 3.12. The Kier molecular flexibility index (Phi) is 11.1. The zero-order valence-electron chi connectivity index (χ0n) is 21.5. The number of nitrogens with one attached hydrogen (secondary N) is 1. The van der Waals surface area contributed by atoms with E-state index in [0.717, 1.165) is 29.4 Å². The van der Waals surface area contributed by atoms with E-state index in [4.69, 9.17) is 23.2 Å². The maximum atomic E-state index is 13.3. The number of amides is 2. The first-order chi connectivity index (χ1) is 16.8. The summed E-state index contributed by atoms with van der Waals surface area (Å²) in [5.74, 6) is -0.506. The Hall–Kier alpha value is -2.29. The quantitative estimate of drug-likeness (QED) is 0.394. The van der Waals surface area contributed by atoms with Crippen LogP contribution < -0.4 is 9.62 Å². The Bertz CT molecular complexity index is 1190. The van der Waals surface area contributed by atoms with Crippen LogP contribution in [0.25, 0.3) is 0 Å². The maximum Gasteiger partial charge on any atom is 0.242 e. The molecule has 0 aliphatic rings. The second kappa shape index (κ2) is 13.3. The zero-order chi connectivity index (χ0) is 27.0. The van der Waals surface area contributed by atoms with Crippen molar-refractivity contribution in [2.24, 2.45) is 0 Å². The summed E-state index contributed by atoms with van der Waals surface area (Å²) in [7, 11) is -3.56. The molecule has 1 atom stereocenters. The number of benzene rings is 2. The van der Waals surface area contributed by atoms with Crippen LogP contribution in [0.5, 0.6) is 0 Å². The minimum Gasteiger partial charge on any atom is -0.354 e. The minimum atomic E-state index is -3.56. The third-order valence-corrected chi connectivity index (χ3v) is 7.76. The number of aryl methyl sites for hydroxylation is 2. The highest BCUT2D eigenvalue weighted by Crippen LogP contribution is 2.26. The van der Waals surface area contributed by atoms with Crippen LogP contribution in [-0.2, 0) is 26.2 Å². The summed E-state index contributed by atoms with van der Waals surface area (Å²) in [6.07, 6.45) is 2.30. The molecule has 0 unspecified atom stereocenters. The second-order valence-electron chi connectivity index (χ2n) is 8.97. The summed E-state index contributed by atoms with van der Waals surface area (Å²) in [6, 6.07) is 10.00. The lowest BCUT2D eigenvalue weighted by atomic mass is 10.1. The first-order valence-electron chi connectivity index (χ1n) is 11.9. The van der Waals surface area contributed by atoms with Gasteiger partial charge in [-0.1, -0.05) is 48.3 Å². The molecule has 2 amide bonds. The van der Waals surface area contributed by atoms with Crippen LogP contribution in [0.2, 0.25) is 10.0 Å². The van der Waals surface area contributed by atoms with Crippen molar-refractivity contribution in [3.63, 3.8) is 0 Å². The number of nitrogens with zero attached hydrogens (tertiary/aromatic N) is 2. The van der Waals surface area contributed by atoms with E-state index in [-0.39, 0.29) is 31.3 Å². The van der Waals surface area contributed by atoms with Gasteiger partial charge in [0.1, 0.15) is 6.04 Å². The average molecular weight is 557 g/mol. The van der Waals surface area contributed by atoms with Crippen LogP contribution in [0, 0.1) is 13.8 Å². The number of rotatable bonds is 12. The first kappa shape index (κ1) is 29.9. The van der Waals surface area contributed by atoms with Gasteiger partial charge in [-0.3, -0.25) is 13.9 Å². The van der Waals surface area contributed by atoms with Gasteiger partial charge in [0.15, 0.2) is 0 Å². The third-order valence-electron chi connectivity index (χ3n) is 5.84. The molecule has 0 spiro atoms. The SMILES string of the molecule is CCCNC(=O)[C@H](C)N(Cc1ccc(Cl)c(Cl)c1)C(=O)CCCN(c1cc(C)ccc1C)S(C)(=O)=O. The molecule has 1 N–H and O–H groups in total. The fraction of sp³-hybridized carbons (Fsp3) is 0.462. The molecule has 0 bridgehead atoms. The smallest absolute Gasteiger partial charge is 0.242 e. The molecule has 0 saturated carbocycles. The summed E-state index contributed by atoms with van der Waals surface area (Å²) in [6.45, 7) is 8.21. The maximum absolute atomic E-state index is 13.3. The molecule has 0 radical (unpaired) electrons. The standard InChI is InChI=1S/C26H35Cl2N3O4S/c1-6-13-29-26(33)20(4)30(17-21-11-12-22(27)23(28)16-21)25(32)8-7-14-31(36(5,34)35)24-15-18(2)9-10-19(24)3/h9-12,15-16,20H,6-8,13-14,17H2,1-5H3,(H,29,33)/t20-/m0/s1. The van der Waals surface area contributed by atoms with Crippen LogP contribution in [0.4, 0.5) is 5.69 Å². The van der Waals surface area contributed by atoms with Gasteiger partial charge in [-0.25, -0.2) is 8.42 Å². The van der Waals surface area contributed by atoms with Crippen molar-refractivity contribution < 1.29 is 18.0 Å². The van der Waals surface area contributed by atoms with E-state index in [1.54, 1.807) is 25.1 Å². The Labute approximate surface area is 224 Å². The number of hydrogen-bond acceptors (Lipinski definition) is 4. The van der Waals surface area contributed by atoms with Crippen molar-refractivity contribution in [1.82, 2.24) is 10.2 Å². The van der Waals surface area contributed by atoms with Crippen LogP contribution in [0.1, 0.15) is 49.8 Å². The zero-order valence-corrected chi connectivity index (χ0v) is 23.8. The Balaban J connectivity index is 2.21. The number of halogens is 2. The van der Waals surface area contributed by atoms with E-state index >= 15 is 0 Å². The second-order valence-corrected chi connectivity index (χ2v) is 11.7. The molecular weight excluding hydrogens is 521 g/mol. The summed E-state index contributed by atoms with van der Waals surface area (Å²) >= 11 is 12.2. The molecule has 2 aromatic carbocycles. The van der Waals surface area contributed by atoms with Crippen molar-refractivity contribution in [2.75, 3.05) is 23.7 Å². The number of hydrogen-bond donors (Lipinski definition) is 1. The van der Waals surface area contributed by atoms with Crippen molar-refractivity contribution >= 4 is 50.7 Å². The molecule has 10 heteroatoms. The van der Waals surface area contributed by atoms with Crippen LogP contribution >= 0.6 is 23.2 Å². The topological polar surface area (TPSA) is 86.8 Å². The Morgan fingerprint density at radius 2 is 1.75 bits per heavy atom. The van der Waals surface area contributed by atoms with E-state index in [0.29, 0.717) is 28.7 Å². The predicted molar refractivity (Wildman–Crippen MR) is 147 cm³/mol. The highest BCUT2D eigenvalue weighted by atomic mass is 35.5. The van der Waals surface area contributed by atoms with Crippen molar-refractivity contribution in [3.05, 3.63) is 63.1 Å². The summed E-state index contributed by atoms with van der Waals surface area (Å²) < 4.78 is 26.5. The first-order valence-corrected chi connectivity index (χ1v) is 14.5. The fourth-order valence-electron chi connectivity index (χ4n) is 3.78. The summed E-state index contributed by atoms with van der Waals surface area (Å²) in [4.78, 5) is 27.5. The molecule has 2 rings (SSSR count). The van der Waals surface area contributed by atoms with E-state index in [1.165, 1.54) is 9.21 Å². The van der Waals surface area contributed by atoms with E-state index < -0.39 is 16.1 Å². The lowest BCUT2D eigenvalue weighted by molar-refractivity contribution is -0.140. The fourth-order valence-corrected chi connectivity index (χ4v) is 5.12. The minimum absolute atomic E-state index is 0.0730. The van der Waals surface area contributed by atoms with Crippen molar-refractivity contribution in [1.29, 1.82) is 0 Å². The van der Waals surface area contributed by atoms with Gasteiger partial charge in [0, 0.05) is 26.1 Å². The average Bonchev–Trinajstić information content (AvgIpc) is 2.81. The molecule has 36 heavy (non-hydrogen) atoms. The normalized spacial score (nSPS) is 12.2. The van der Waals surface area contributed by atoms with Gasteiger partial charge in [-0.2, -0.15) is 0 Å². The molecule has 0 heterocycles. The van der Waals surface area contributed by atoms with Gasteiger partial charge >= 0.3 is 0 Å². The number of anilines is 1. The predicted octanol–water partition coefficient (Wildman–Crippen LogP) is 5.10. The molecule has 0 aliphatic carbocycles. The van der Waals surface area contributed by atoms with E-state index in [9.17, 15) is 18.0 Å². The molecular formula is C26H35Cl2N3O4S. The molecule has 2 aromatic rings. The van der Waals surface area contributed by atoms with Crippen LogP contribution in [0.15, 0.2) is 36.4 Å². The monoisotopic (exact) mass is 555 g/mol. The van der Waals surface area contributed by atoms with Gasteiger partial charge in [-0.15, -0.1) is 0 Å². The molecule has 0 aliphatic heterocycles. The highest BCUT2D eigenvalue weighted by Gasteiger charge is 2.27. The Morgan fingerprint density at radius 1 is 1.06 bits per heavy atom. The van der Waals surface area contributed by atoms with Gasteiger partial charge in [0.05, 0.1) is 22.0 Å². The van der Waals surface area contributed by atoms with Gasteiger partial charge in [-0.05, 0) is 68.5 Å². The van der Waals surface area contributed by atoms with E-state index in [2.05, 4.69) is 5.32 Å². The lowest BCUT2D eigenvalue weighted by Gasteiger charge is -2.29. The van der Waals surface area contributed by atoms with E-state index in [1.807, 2.05) is 39.0 Å². The lowest BCUT2D eigenvalue weighted by Crippen LogP contribution is -2.47. The molecule has 7 nitrogen and oxygen atoms in total. The number of carbonyl (C=O) groups is 2. The van der Waals surface area contributed by atoms with Gasteiger partial charge < -0.3 is 10.2 Å². The van der Waals surface area contributed by atoms with Crippen LogP contribution in [0.3, 0.4) is 0 Å². The van der Waals surface area contributed by atoms with Crippen molar-refractivity contribution in [2.45, 2.75) is 59.5 Å². The van der Waals surface area contributed by atoms with Crippen molar-refractivity contribution in [3.8, 4) is 0 Å². The Morgan fingerprint density at radius 3 is 2.36 bits per heavy atom. The third kappa shape index (κ3) is 8.39. The molecule has 0 saturated heterocycles. The number of sulfonamides is 1.